The monoisotopic (exact) mass is 296 g/mol. The zero-order valence-electron chi connectivity index (χ0n) is 12.2. The van der Waals surface area contributed by atoms with E-state index in [1.807, 2.05) is 19.0 Å². The molecule has 0 aliphatic carbocycles. The van der Waals surface area contributed by atoms with Gasteiger partial charge in [0.1, 0.15) is 11.5 Å². The van der Waals surface area contributed by atoms with Crippen molar-refractivity contribution in [1.82, 2.24) is 14.8 Å². The van der Waals surface area contributed by atoms with Crippen LogP contribution in [0, 0.1) is 0 Å². The number of carbonyl (C=O) groups excluding carboxylic acids is 1. The first-order chi connectivity index (χ1) is 9.52. The van der Waals surface area contributed by atoms with Gasteiger partial charge in [-0.15, -0.1) is 0 Å². The topological polar surface area (TPSA) is 48.5 Å². The van der Waals surface area contributed by atoms with Gasteiger partial charge in [0.25, 0.3) is 5.91 Å². The first-order valence-corrected chi connectivity index (χ1v) is 7.20. The number of halogens is 1. The molecular weight excluding hydrogens is 276 g/mol. The molecule has 0 spiro atoms. The lowest BCUT2D eigenvalue weighted by Crippen LogP contribution is -2.41. The highest BCUT2D eigenvalue weighted by Gasteiger charge is 2.31. The molecule has 0 radical (unpaired) electrons. The summed E-state index contributed by atoms with van der Waals surface area (Å²) in [6, 6.07) is 3.72. The summed E-state index contributed by atoms with van der Waals surface area (Å²) in [4.78, 5) is 21.0. The summed E-state index contributed by atoms with van der Waals surface area (Å²) >= 11 is 6.13. The number of hydrogen-bond acceptors (Lipinski definition) is 4. The van der Waals surface area contributed by atoms with Crippen molar-refractivity contribution in [2.45, 2.75) is 18.9 Å². The first-order valence-electron chi connectivity index (χ1n) is 6.83. The van der Waals surface area contributed by atoms with E-state index in [1.165, 1.54) is 0 Å². The third kappa shape index (κ3) is 3.22. The van der Waals surface area contributed by atoms with Crippen LogP contribution in [-0.2, 0) is 0 Å². The summed E-state index contributed by atoms with van der Waals surface area (Å²) in [6.07, 6.45) is 2.07. The number of likely N-dealkylation sites (N-methyl/N-ethyl adjacent to an activating group) is 1. The van der Waals surface area contributed by atoms with Crippen molar-refractivity contribution in [1.29, 1.82) is 0 Å². The average Bonchev–Trinajstić information content (AvgIpc) is 2.86. The van der Waals surface area contributed by atoms with E-state index in [0.717, 1.165) is 25.9 Å². The second kappa shape index (κ2) is 6.41. The molecule has 20 heavy (non-hydrogen) atoms. The average molecular weight is 297 g/mol. The summed E-state index contributed by atoms with van der Waals surface area (Å²) < 4.78 is 0. The molecule has 1 atom stereocenters. The van der Waals surface area contributed by atoms with Crippen LogP contribution < -0.4 is 5.32 Å². The third-order valence-electron chi connectivity index (χ3n) is 3.52. The number of carbonyl (C=O) groups is 1. The number of amides is 1. The lowest BCUT2D eigenvalue weighted by Gasteiger charge is -2.27. The highest BCUT2D eigenvalue weighted by molar-refractivity contribution is 6.33. The minimum atomic E-state index is -0.0727. The SMILES string of the molecule is CNc1ccc(Cl)c(C(=O)N2CCCC2CN(C)C)n1. The number of anilines is 1. The fourth-order valence-electron chi connectivity index (χ4n) is 2.58. The van der Waals surface area contributed by atoms with Gasteiger partial charge in [-0.1, -0.05) is 11.6 Å². The van der Waals surface area contributed by atoms with Gasteiger partial charge in [0, 0.05) is 26.2 Å². The molecular formula is C14H21ClN4O. The summed E-state index contributed by atoms with van der Waals surface area (Å²) in [5.74, 6) is 0.581. The van der Waals surface area contributed by atoms with Crippen LogP contribution in [0.1, 0.15) is 23.3 Å². The summed E-state index contributed by atoms with van der Waals surface area (Å²) in [7, 11) is 5.82. The van der Waals surface area contributed by atoms with Crippen LogP contribution in [0.2, 0.25) is 5.02 Å². The predicted molar refractivity (Wildman–Crippen MR) is 81.4 cm³/mol. The molecule has 110 valence electrons. The molecule has 2 rings (SSSR count). The number of likely N-dealkylation sites (tertiary alicyclic amines) is 1. The normalized spacial score (nSPS) is 18.6. The molecule has 1 aromatic heterocycles. The highest BCUT2D eigenvalue weighted by atomic mass is 35.5. The van der Waals surface area contributed by atoms with Gasteiger partial charge in [-0.2, -0.15) is 0 Å². The van der Waals surface area contributed by atoms with Crippen molar-refractivity contribution in [3.63, 3.8) is 0 Å². The van der Waals surface area contributed by atoms with Crippen LogP contribution in [0.5, 0.6) is 0 Å². The number of pyridine rings is 1. The van der Waals surface area contributed by atoms with Gasteiger partial charge in [0.15, 0.2) is 0 Å². The second-order valence-electron chi connectivity index (χ2n) is 5.33. The van der Waals surface area contributed by atoms with Gasteiger partial charge >= 0.3 is 0 Å². The van der Waals surface area contributed by atoms with Crippen molar-refractivity contribution < 1.29 is 4.79 Å². The van der Waals surface area contributed by atoms with Crippen molar-refractivity contribution in [2.75, 3.05) is 39.5 Å². The minimum absolute atomic E-state index is 0.0727. The zero-order valence-corrected chi connectivity index (χ0v) is 12.9. The van der Waals surface area contributed by atoms with Crippen molar-refractivity contribution in [3.8, 4) is 0 Å². The van der Waals surface area contributed by atoms with Crippen molar-refractivity contribution in [2.24, 2.45) is 0 Å². The Morgan fingerprint density at radius 3 is 2.95 bits per heavy atom. The summed E-state index contributed by atoms with van der Waals surface area (Å²) in [5, 5.41) is 3.34. The van der Waals surface area contributed by atoms with Gasteiger partial charge in [-0.3, -0.25) is 4.79 Å². The van der Waals surface area contributed by atoms with Crippen LogP contribution >= 0.6 is 11.6 Å². The summed E-state index contributed by atoms with van der Waals surface area (Å²) in [6.45, 7) is 1.65. The molecule has 1 aliphatic heterocycles. The number of nitrogens with zero attached hydrogens (tertiary/aromatic N) is 3. The van der Waals surface area contributed by atoms with E-state index in [4.69, 9.17) is 11.6 Å². The standard InChI is InChI=1S/C14H21ClN4O/c1-16-12-7-6-11(15)13(17-12)14(20)19-8-4-5-10(19)9-18(2)3/h6-7,10H,4-5,8-9H2,1-3H3,(H,16,17). The Morgan fingerprint density at radius 2 is 2.30 bits per heavy atom. The Morgan fingerprint density at radius 1 is 1.55 bits per heavy atom. The lowest BCUT2D eigenvalue weighted by molar-refractivity contribution is 0.0711. The smallest absolute Gasteiger partial charge is 0.274 e. The Balaban J connectivity index is 2.22. The van der Waals surface area contributed by atoms with E-state index in [9.17, 15) is 4.79 Å². The molecule has 1 amide bonds. The van der Waals surface area contributed by atoms with Crippen LogP contribution in [-0.4, -0.2) is 61.0 Å². The Bertz CT molecular complexity index is 492. The number of aromatic nitrogens is 1. The Labute approximate surface area is 124 Å². The zero-order chi connectivity index (χ0) is 14.7. The highest BCUT2D eigenvalue weighted by Crippen LogP contribution is 2.24. The minimum Gasteiger partial charge on any atom is -0.373 e. The third-order valence-corrected chi connectivity index (χ3v) is 3.82. The largest absolute Gasteiger partial charge is 0.373 e. The predicted octanol–water partition coefficient (Wildman–Crippen LogP) is 1.94. The molecule has 6 heteroatoms. The van der Waals surface area contributed by atoms with Crippen molar-refractivity contribution >= 4 is 23.3 Å². The van der Waals surface area contributed by atoms with Crippen LogP contribution in [0.4, 0.5) is 5.82 Å². The molecule has 1 aliphatic rings. The Hall–Kier alpha value is -1.33. The number of rotatable bonds is 4. The maximum Gasteiger partial charge on any atom is 0.274 e. The molecule has 1 unspecified atom stereocenters. The van der Waals surface area contributed by atoms with E-state index in [-0.39, 0.29) is 11.9 Å². The van der Waals surface area contributed by atoms with E-state index < -0.39 is 0 Å². The van der Waals surface area contributed by atoms with Crippen LogP contribution in [0.3, 0.4) is 0 Å². The van der Waals surface area contributed by atoms with Crippen LogP contribution in [0.25, 0.3) is 0 Å². The molecule has 1 aromatic rings. The molecule has 0 bridgehead atoms. The van der Waals surface area contributed by atoms with Gasteiger partial charge in [0.2, 0.25) is 0 Å². The number of nitrogens with one attached hydrogen (secondary N) is 1. The maximum atomic E-state index is 12.7. The molecule has 2 heterocycles. The summed E-state index contributed by atoms with van der Waals surface area (Å²) in [5.41, 5.74) is 0.337. The molecule has 0 aromatic carbocycles. The second-order valence-corrected chi connectivity index (χ2v) is 5.74. The fraction of sp³-hybridized carbons (Fsp3) is 0.571. The van der Waals surface area contributed by atoms with Gasteiger partial charge in [0.05, 0.1) is 5.02 Å². The maximum absolute atomic E-state index is 12.7. The first kappa shape index (κ1) is 15.1. The van der Waals surface area contributed by atoms with Gasteiger partial charge in [-0.05, 0) is 39.1 Å². The molecule has 1 fully saturated rings. The number of hydrogen-bond donors (Lipinski definition) is 1. The van der Waals surface area contributed by atoms with Gasteiger partial charge in [-0.25, -0.2) is 4.98 Å². The quantitative estimate of drug-likeness (QED) is 0.922. The van der Waals surface area contributed by atoms with E-state index >= 15 is 0 Å². The van der Waals surface area contributed by atoms with E-state index in [2.05, 4.69) is 15.2 Å². The van der Waals surface area contributed by atoms with Crippen LogP contribution in [0.15, 0.2) is 12.1 Å². The van der Waals surface area contributed by atoms with E-state index in [0.29, 0.717) is 16.5 Å². The molecule has 1 N–H and O–H groups in total. The lowest BCUT2D eigenvalue weighted by atomic mass is 10.2. The fourth-order valence-corrected chi connectivity index (χ4v) is 2.77. The molecule has 0 saturated carbocycles. The molecule has 1 saturated heterocycles. The van der Waals surface area contributed by atoms with Crippen molar-refractivity contribution in [3.05, 3.63) is 22.8 Å². The van der Waals surface area contributed by atoms with Gasteiger partial charge < -0.3 is 15.1 Å². The van der Waals surface area contributed by atoms with E-state index in [1.54, 1.807) is 19.2 Å². The Kier molecular flexibility index (Phi) is 4.83. The molecule has 5 nitrogen and oxygen atoms in total.